The minimum Gasteiger partial charge on any atom is -0.491 e. The van der Waals surface area contributed by atoms with E-state index >= 15 is 0 Å². The number of hydrogen-bond acceptors (Lipinski definition) is 3. The van der Waals surface area contributed by atoms with Crippen LogP contribution >= 0.6 is 15.9 Å². The molecule has 2 heterocycles. The zero-order valence-electron chi connectivity index (χ0n) is 9.56. The van der Waals surface area contributed by atoms with Crippen molar-refractivity contribution in [2.45, 2.75) is 6.54 Å². The number of fused-ring (bicyclic) bond motifs is 3. The van der Waals surface area contributed by atoms with Crippen LogP contribution in [-0.2, 0) is 6.54 Å². The van der Waals surface area contributed by atoms with Crippen molar-refractivity contribution in [3.8, 4) is 17.1 Å². The van der Waals surface area contributed by atoms with E-state index in [0.29, 0.717) is 30.3 Å². The van der Waals surface area contributed by atoms with Crippen molar-refractivity contribution in [1.82, 2.24) is 9.55 Å². The number of imidazole rings is 1. The number of halogens is 2. The van der Waals surface area contributed by atoms with E-state index in [1.165, 1.54) is 12.3 Å². The number of aromatic carboxylic acids is 1. The first-order chi connectivity index (χ1) is 9.06. The first kappa shape index (κ1) is 12.2. The summed E-state index contributed by atoms with van der Waals surface area (Å²) in [7, 11) is 0. The van der Waals surface area contributed by atoms with Gasteiger partial charge in [-0.05, 0) is 22.0 Å². The molecule has 0 atom stereocenters. The largest absolute Gasteiger partial charge is 0.491 e. The van der Waals surface area contributed by atoms with Crippen LogP contribution in [0.5, 0.6) is 5.75 Å². The Morgan fingerprint density at radius 1 is 1.53 bits per heavy atom. The predicted molar refractivity (Wildman–Crippen MR) is 67.8 cm³/mol. The number of carboxylic acid groups (broad SMARTS) is 1. The second kappa shape index (κ2) is 4.34. The van der Waals surface area contributed by atoms with Gasteiger partial charge in [0.15, 0.2) is 5.69 Å². The highest BCUT2D eigenvalue weighted by Gasteiger charge is 2.22. The summed E-state index contributed by atoms with van der Waals surface area (Å²) in [6, 6.07) is 2.81. The molecule has 1 aliphatic heterocycles. The fourth-order valence-electron chi connectivity index (χ4n) is 1.98. The number of nitrogens with zero attached hydrogens (tertiary/aromatic N) is 2. The van der Waals surface area contributed by atoms with Crippen molar-refractivity contribution < 1.29 is 19.0 Å². The molecular weight excluding hydrogens is 319 g/mol. The van der Waals surface area contributed by atoms with Crippen molar-refractivity contribution in [2.75, 3.05) is 6.61 Å². The molecule has 7 heteroatoms. The van der Waals surface area contributed by atoms with Gasteiger partial charge < -0.3 is 14.4 Å². The number of rotatable bonds is 1. The second-order valence-corrected chi connectivity index (χ2v) is 4.91. The van der Waals surface area contributed by atoms with Crippen LogP contribution in [0.4, 0.5) is 4.39 Å². The van der Waals surface area contributed by atoms with E-state index in [9.17, 15) is 9.18 Å². The molecule has 0 saturated carbocycles. The zero-order chi connectivity index (χ0) is 13.6. The maximum absolute atomic E-state index is 13.5. The number of aromatic nitrogens is 2. The molecule has 1 N–H and O–H groups in total. The van der Waals surface area contributed by atoms with Gasteiger partial charge in [0.2, 0.25) is 0 Å². The van der Waals surface area contributed by atoms with Gasteiger partial charge >= 0.3 is 5.97 Å². The Bertz CT molecular complexity index is 684. The van der Waals surface area contributed by atoms with Crippen LogP contribution in [0, 0.1) is 5.82 Å². The van der Waals surface area contributed by atoms with Crippen LogP contribution in [-0.4, -0.2) is 27.2 Å². The molecule has 19 heavy (non-hydrogen) atoms. The monoisotopic (exact) mass is 326 g/mol. The lowest BCUT2D eigenvalue weighted by Crippen LogP contribution is -2.04. The van der Waals surface area contributed by atoms with Crippen LogP contribution < -0.4 is 4.74 Å². The normalized spacial score (nSPS) is 13.2. The Kier molecular flexibility index (Phi) is 2.78. The highest BCUT2D eigenvalue weighted by atomic mass is 79.9. The fraction of sp³-hybridized carbons (Fsp3) is 0.167. The van der Waals surface area contributed by atoms with Crippen LogP contribution in [0.1, 0.15) is 10.5 Å². The van der Waals surface area contributed by atoms with E-state index in [4.69, 9.17) is 9.84 Å². The Hall–Kier alpha value is -1.89. The summed E-state index contributed by atoms with van der Waals surface area (Å²) in [6.45, 7) is 0.792. The van der Waals surface area contributed by atoms with Gasteiger partial charge in [-0.1, -0.05) is 0 Å². The van der Waals surface area contributed by atoms with Crippen molar-refractivity contribution in [1.29, 1.82) is 0 Å². The summed E-state index contributed by atoms with van der Waals surface area (Å²) < 4.78 is 20.9. The van der Waals surface area contributed by atoms with E-state index in [1.54, 1.807) is 10.6 Å². The lowest BCUT2D eigenvalue weighted by atomic mass is 10.2. The highest BCUT2D eigenvalue weighted by molar-refractivity contribution is 9.10. The van der Waals surface area contributed by atoms with Gasteiger partial charge in [-0.15, -0.1) is 0 Å². The van der Waals surface area contributed by atoms with Crippen molar-refractivity contribution in [3.63, 3.8) is 0 Å². The molecule has 1 aromatic heterocycles. The van der Waals surface area contributed by atoms with Crippen LogP contribution in [0.25, 0.3) is 11.4 Å². The predicted octanol–water partition coefficient (Wildman–Crippen LogP) is 2.54. The van der Waals surface area contributed by atoms with Crippen molar-refractivity contribution in [2.24, 2.45) is 0 Å². The van der Waals surface area contributed by atoms with Gasteiger partial charge in [0.25, 0.3) is 0 Å². The molecule has 1 aromatic carbocycles. The summed E-state index contributed by atoms with van der Waals surface area (Å²) >= 11 is 3.10. The van der Waals surface area contributed by atoms with Gasteiger partial charge in [-0.25, -0.2) is 14.2 Å². The molecule has 5 nitrogen and oxygen atoms in total. The van der Waals surface area contributed by atoms with Crippen molar-refractivity contribution >= 4 is 21.9 Å². The smallest absolute Gasteiger partial charge is 0.356 e. The zero-order valence-corrected chi connectivity index (χ0v) is 11.1. The molecule has 0 spiro atoms. The average molecular weight is 327 g/mol. The average Bonchev–Trinajstić information content (AvgIpc) is 2.71. The minimum absolute atomic E-state index is 0.0386. The Labute approximate surface area is 115 Å². The molecule has 0 radical (unpaired) electrons. The summed E-state index contributed by atoms with van der Waals surface area (Å²) in [6.07, 6.45) is 1.45. The maximum atomic E-state index is 13.5. The van der Waals surface area contributed by atoms with E-state index in [2.05, 4.69) is 20.9 Å². The van der Waals surface area contributed by atoms with E-state index in [1.807, 2.05) is 0 Å². The number of ether oxygens (including phenoxy) is 1. The summed E-state index contributed by atoms with van der Waals surface area (Å²) in [4.78, 5) is 15.0. The first-order valence-corrected chi connectivity index (χ1v) is 6.28. The number of carboxylic acids is 1. The molecule has 0 fully saturated rings. The first-order valence-electron chi connectivity index (χ1n) is 5.49. The van der Waals surface area contributed by atoms with Crippen LogP contribution in [0.15, 0.2) is 22.8 Å². The van der Waals surface area contributed by atoms with Crippen LogP contribution in [0.2, 0.25) is 0 Å². The summed E-state index contributed by atoms with van der Waals surface area (Å²) in [5, 5.41) is 8.97. The number of carbonyl (C=O) groups is 1. The molecule has 0 amide bonds. The molecule has 0 bridgehead atoms. The second-order valence-electron chi connectivity index (χ2n) is 4.06. The van der Waals surface area contributed by atoms with Gasteiger partial charge in [-0.3, -0.25) is 0 Å². The summed E-state index contributed by atoms with van der Waals surface area (Å²) in [5.74, 6) is -0.700. The maximum Gasteiger partial charge on any atom is 0.356 e. The van der Waals surface area contributed by atoms with Gasteiger partial charge in [0.05, 0.1) is 16.6 Å². The van der Waals surface area contributed by atoms with Gasteiger partial charge in [0.1, 0.15) is 24.0 Å². The Morgan fingerprint density at radius 2 is 2.32 bits per heavy atom. The minimum atomic E-state index is -1.09. The topological polar surface area (TPSA) is 64.3 Å². The third kappa shape index (κ3) is 1.99. The van der Waals surface area contributed by atoms with E-state index in [0.717, 1.165) is 0 Å². The van der Waals surface area contributed by atoms with Gasteiger partial charge in [0, 0.05) is 12.3 Å². The molecule has 0 aliphatic carbocycles. The van der Waals surface area contributed by atoms with Gasteiger partial charge in [-0.2, -0.15) is 0 Å². The third-order valence-corrected chi connectivity index (χ3v) is 3.46. The number of benzene rings is 1. The highest BCUT2D eigenvalue weighted by Crippen LogP contribution is 2.35. The molecular formula is C12H8BrFN2O3. The lowest BCUT2D eigenvalue weighted by molar-refractivity contribution is 0.0691. The third-order valence-electron chi connectivity index (χ3n) is 2.85. The molecule has 0 unspecified atom stereocenters. The van der Waals surface area contributed by atoms with Crippen LogP contribution in [0.3, 0.4) is 0 Å². The van der Waals surface area contributed by atoms with E-state index < -0.39 is 11.8 Å². The molecule has 98 valence electrons. The standard InChI is InChI=1S/C12H8BrFN2O3/c13-7-3-6-10(4-8(7)14)19-2-1-16-5-9(12(17)18)15-11(6)16/h3-5H,1-2H2,(H,17,18). The SMILES string of the molecule is O=C(O)c1cn2c(n1)-c1cc(Br)c(F)cc1OCC2. The summed E-state index contributed by atoms with van der Waals surface area (Å²) in [5.41, 5.74) is 0.529. The molecule has 0 saturated heterocycles. The van der Waals surface area contributed by atoms with E-state index in [-0.39, 0.29) is 10.2 Å². The Balaban J connectivity index is 2.23. The molecule has 2 aromatic rings. The van der Waals surface area contributed by atoms with Crippen molar-refractivity contribution in [3.05, 3.63) is 34.3 Å². The quantitative estimate of drug-likeness (QED) is 0.874. The fourth-order valence-corrected chi connectivity index (χ4v) is 2.32. The molecule has 1 aliphatic rings. The molecule has 3 rings (SSSR count). The number of hydrogen-bond donors (Lipinski definition) is 1. The lowest BCUT2D eigenvalue weighted by Gasteiger charge is -2.07. The Morgan fingerprint density at radius 3 is 3.05 bits per heavy atom.